The van der Waals surface area contributed by atoms with Gasteiger partial charge in [-0.15, -0.1) is 0 Å². The first kappa shape index (κ1) is 33.2. The van der Waals surface area contributed by atoms with E-state index in [4.69, 9.17) is 9.47 Å². The number of fused-ring (bicyclic) bond motifs is 1. The Hall–Kier alpha value is -3.12. The summed E-state index contributed by atoms with van der Waals surface area (Å²) >= 11 is 0. The molecule has 3 atom stereocenters. The van der Waals surface area contributed by atoms with Crippen molar-refractivity contribution >= 4 is 11.6 Å². The zero-order valence-electron chi connectivity index (χ0n) is 28.1. The second kappa shape index (κ2) is 15.0. The first-order chi connectivity index (χ1) is 21.8. The molecule has 3 aliphatic rings. The van der Waals surface area contributed by atoms with Crippen molar-refractivity contribution in [1.82, 2.24) is 4.90 Å². The van der Waals surface area contributed by atoms with E-state index in [0.717, 1.165) is 94.6 Å². The number of benzene rings is 2. The van der Waals surface area contributed by atoms with Gasteiger partial charge in [-0.2, -0.15) is 0 Å². The number of hydrogen-bond acceptors (Lipinski definition) is 4. The molecule has 2 aromatic carbocycles. The number of amides is 1. The number of hydrogen-bond donors (Lipinski definition) is 0. The highest BCUT2D eigenvalue weighted by Crippen LogP contribution is 2.42. The highest BCUT2D eigenvalue weighted by atomic mass is 19.1. The molecule has 0 N–H and O–H groups in total. The smallest absolute Gasteiger partial charge is 0.241 e. The third-order valence-corrected chi connectivity index (χ3v) is 10.4. The third kappa shape index (κ3) is 7.65. The van der Waals surface area contributed by atoms with Crippen molar-refractivity contribution in [2.45, 2.75) is 110 Å². The molecule has 2 heterocycles. The van der Waals surface area contributed by atoms with Gasteiger partial charge in [0.25, 0.3) is 0 Å². The summed E-state index contributed by atoms with van der Waals surface area (Å²) in [5.41, 5.74) is 4.05. The number of carbonyl (C=O) groups excluding carboxylic acids is 1. The number of allylic oxidation sites excluding steroid dienone is 4. The van der Waals surface area contributed by atoms with Crippen LogP contribution >= 0.6 is 0 Å². The van der Waals surface area contributed by atoms with Gasteiger partial charge < -0.3 is 14.4 Å². The molecule has 2 aromatic rings. The summed E-state index contributed by atoms with van der Waals surface area (Å²) in [6, 6.07) is 12.3. The lowest BCUT2D eigenvalue weighted by atomic mass is 9.77. The Balaban J connectivity index is 1.37. The van der Waals surface area contributed by atoms with Crippen LogP contribution in [0.4, 0.5) is 10.1 Å². The average molecular weight is 617 g/mol. The minimum atomic E-state index is -0.232. The summed E-state index contributed by atoms with van der Waals surface area (Å²) < 4.78 is 25.9. The highest BCUT2D eigenvalue weighted by molar-refractivity contribution is 5.95. The second-order valence-corrected chi connectivity index (χ2v) is 13.7. The molecular weight excluding hydrogens is 563 g/mol. The van der Waals surface area contributed by atoms with E-state index in [-0.39, 0.29) is 23.2 Å². The van der Waals surface area contributed by atoms with Crippen LogP contribution in [0.25, 0.3) is 0 Å². The van der Waals surface area contributed by atoms with E-state index in [1.807, 2.05) is 11.0 Å². The molecule has 0 aromatic heterocycles. The number of carbonyl (C=O) groups is 1. The molecule has 1 amide bonds. The predicted molar refractivity (Wildman–Crippen MR) is 181 cm³/mol. The van der Waals surface area contributed by atoms with E-state index in [0.29, 0.717) is 24.1 Å². The Labute approximate surface area is 270 Å². The van der Waals surface area contributed by atoms with Crippen molar-refractivity contribution < 1.29 is 18.7 Å². The Kier molecular flexibility index (Phi) is 11.1. The van der Waals surface area contributed by atoms with Gasteiger partial charge in [-0.3, -0.25) is 9.69 Å². The number of halogens is 1. The molecule has 0 radical (unpaired) electrons. The van der Waals surface area contributed by atoms with E-state index in [1.165, 1.54) is 17.2 Å². The van der Waals surface area contributed by atoms with Gasteiger partial charge in [0, 0.05) is 36.2 Å². The fourth-order valence-corrected chi connectivity index (χ4v) is 7.89. The van der Waals surface area contributed by atoms with Crippen LogP contribution in [-0.4, -0.2) is 49.7 Å². The first-order valence-corrected chi connectivity index (χ1v) is 17.3. The van der Waals surface area contributed by atoms with Crippen molar-refractivity contribution in [3.05, 3.63) is 82.9 Å². The lowest BCUT2D eigenvalue weighted by Gasteiger charge is -2.35. The van der Waals surface area contributed by atoms with Crippen LogP contribution in [-0.2, 0) is 16.0 Å². The number of rotatable bonds is 14. The Morgan fingerprint density at radius 1 is 1.18 bits per heavy atom. The fourth-order valence-electron chi connectivity index (χ4n) is 7.89. The molecule has 1 aliphatic carbocycles. The molecule has 1 saturated heterocycles. The number of aryl methyl sites for hydroxylation is 1. The van der Waals surface area contributed by atoms with Gasteiger partial charge in [0.15, 0.2) is 0 Å². The standard InChI is InChI=1S/C39H53FN2O3/c1-6-11-32(12-7-2)42(34-16-17-35(40)28(3)23-34)38(43)27-41-26-31(29-15-18-36-30(24-29)19-22-45-36)25-33(41)13-10-21-39(4)20-9-8-14-37(39)44-5/h8-9,14-18,23-24,31-33H,6-7,10-13,19-22,25-27H2,1-5H3/t31-,33?,39?/m1/s1. The lowest BCUT2D eigenvalue weighted by molar-refractivity contribution is -0.120. The SMILES string of the molecule is CCCC(CCC)N(C(=O)CN1C[C@H](c2ccc3c(c2)CCO3)CC1CCCC1(C)CC=CC=C1OC)c1ccc(F)c(C)c1. The topological polar surface area (TPSA) is 42.0 Å². The summed E-state index contributed by atoms with van der Waals surface area (Å²) in [5, 5.41) is 0. The van der Waals surface area contributed by atoms with E-state index < -0.39 is 0 Å². The van der Waals surface area contributed by atoms with Crippen LogP contribution in [0.15, 0.2) is 60.4 Å². The molecule has 0 bridgehead atoms. The minimum absolute atomic E-state index is 0.00685. The van der Waals surface area contributed by atoms with Crippen molar-refractivity contribution in [1.29, 1.82) is 0 Å². The Morgan fingerprint density at radius 2 is 1.98 bits per heavy atom. The van der Waals surface area contributed by atoms with Crippen molar-refractivity contribution in [3.8, 4) is 5.75 Å². The normalized spacial score (nSPS) is 22.8. The number of ether oxygens (including phenoxy) is 2. The third-order valence-electron chi connectivity index (χ3n) is 10.4. The highest BCUT2D eigenvalue weighted by Gasteiger charge is 2.37. The average Bonchev–Trinajstić information content (AvgIpc) is 3.66. The number of nitrogens with zero attached hydrogens (tertiary/aromatic N) is 2. The van der Waals surface area contributed by atoms with Crippen LogP contribution in [0, 0.1) is 18.2 Å². The number of methoxy groups -OCH3 is 1. The second-order valence-electron chi connectivity index (χ2n) is 13.7. The van der Waals surface area contributed by atoms with Crippen LogP contribution < -0.4 is 9.64 Å². The van der Waals surface area contributed by atoms with Gasteiger partial charge in [-0.05, 0) is 98.4 Å². The molecule has 2 unspecified atom stereocenters. The van der Waals surface area contributed by atoms with Gasteiger partial charge in [0.2, 0.25) is 5.91 Å². The van der Waals surface area contributed by atoms with Gasteiger partial charge >= 0.3 is 0 Å². The van der Waals surface area contributed by atoms with E-state index in [9.17, 15) is 9.18 Å². The maximum absolute atomic E-state index is 14.4. The molecule has 2 aliphatic heterocycles. The molecule has 5 nitrogen and oxygen atoms in total. The fraction of sp³-hybridized carbons (Fsp3) is 0.564. The predicted octanol–water partition coefficient (Wildman–Crippen LogP) is 8.90. The van der Waals surface area contributed by atoms with Gasteiger partial charge in [0.05, 0.1) is 20.3 Å². The molecule has 5 rings (SSSR count). The lowest BCUT2D eigenvalue weighted by Crippen LogP contribution is -2.47. The minimum Gasteiger partial charge on any atom is -0.501 e. The van der Waals surface area contributed by atoms with E-state index in [1.54, 1.807) is 20.1 Å². The van der Waals surface area contributed by atoms with Gasteiger partial charge in [-0.25, -0.2) is 4.39 Å². The Morgan fingerprint density at radius 3 is 2.71 bits per heavy atom. The Bertz CT molecular complexity index is 1380. The van der Waals surface area contributed by atoms with Crippen molar-refractivity contribution in [2.24, 2.45) is 5.41 Å². The molecule has 6 heteroatoms. The van der Waals surface area contributed by atoms with E-state index >= 15 is 0 Å². The van der Waals surface area contributed by atoms with Gasteiger partial charge in [0.1, 0.15) is 17.3 Å². The van der Waals surface area contributed by atoms with Crippen LogP contribution in [0.3, 0.4) is 0 Å². The van der Waals surface area contributed by atoms with Crippen LogP contribution in [0.1, 0.15) is 101 Å². The van der Waals surface area contributed by atoms with E-state index in [2.05, 4.69) is 62.1 Å². The molecule has 0 saturated carbocycles. The summed E-state index contributed by atoms with van der Waals surface area (Å²) in [4.78, 5) is 18.9. The number of anilines is 1. The molecule has 244 valence electrons. The first-order valence-electron chi connectivity index (χ1n) is 17.3. The summed E-state index contributed by atoms with van der Waals surface area (Å²) in [6.45, 7) is 10.4. The number of likely N-dealkylation sites (tertiary alicyclic amines) is 1. The molecule has 0 spiro atoms. The van der Waals surface area contributed by atoms with Crippen LogP contribution in [0.2, 0.25) is 0 Å². The van der Waals surface area contributed by atoms with Crippen LogP contribution in [0.5, 0.6) is 5.75 Å². The van der Waals surface area contributed by atoms with Crippen molar-refractivity contribution in [2.75, 3.05) is 31.7 Å². The summed E-state index contributed by atoms with van der Waals surface area (Å²) in [7, 11) is 1.78. The zero-order valence-corrected chi connectivity index (χ0v) is 28.1. The summed E-state index contributed by atoms with van der Waals surface area (Å²) in [5.74, 6) is 2.34. The van der Waals surface area contributed by atoms with Crippen molar-refractivity contribution in [3.63, 3.8) is 0 Å². The summed E-state index contributed by atoms with van der Waals surface area (Å²) in [6.07, 6.45) is 16.4. The quantitative estimate of drug-likeness (QED) is 0.213. The molecule has 45 heavy (non-hydrogen) atoms. The van der Waals surface area contributed by atoms with Gasteiger partial charge in [-0.1, -0.05) is 64.3 Å². The maximum Gasteiger partial charge on any atom is 0.241 e. The largest absolute Gasteiger partial charge is 0.501 e. The zero-order chi connectivity index (χ0) is 32.0. The monoisotopic (exact) mass is 616 g/mol. The molecular formula is C39H53FN2O3. The maximum atomic E-state index is 14.4. The molecule has 1 fully saturated rings.